The van der Waals surface area contributed by atoms with Crippen LogP contribution in [0.3, 0.4) is 0 Å². The number of pyridine rings is 4. The fraction of sp³-hybridized carbons (Fsp3) is 0.143. The number of carbonyl (C=O) groups excluding carboxylic acids is 2. The Balaban J connectivity index is 0.000000181. The summed E-state index contributed by atoms with van der Waals surface area (Å²) in [6.45, 7) is 3.13. The van der Waals surface area contributed by atoms with Crippen LogP contribution in [-0.2, 0) is 4.74 Å². The number of ether oxygens (including phenoxy) is 3. The van der Waals surface area contributed by atoms with E-state index in [0.29, 0.717) is 59.4 Å². The molecule has 2 amide bonds. The Morgan fingerprint density at radius 3 is 1.47 bits per heavy atom. The molecule has 0 saturated heterocycles. The third-order valence-corrected chi connectivity index (χ3v) is 13.5. The van der Waals surface area contributed by atoms with E-state index in [1.165, 1.54) is 22.7 Å². The lowest BCUT2D eigenvalue weighted by atomic mass is 10.1. The standard InChI is InChI=1S/C30H29N5O3S.C26H19BrN4O2S/c1-35(15-17-37-2)16-18-38-22-19-26(21-9-4-3-5-10-21)32-27(20-22)28(36)33-24-12-7-6-11-23(24)29-34-25-13-8-14-31-30(25)39-29;27-12-14-33-18-15-22(17-7-2-1-3-8-17)29-23(16-18)24(32)30-20-10-5-4-9-19(20)25-31-21-11-6-13-28-26(21)34-25/h3-14,19-20H,15-18H2,1-2H3,(H,33,36);1-11,13,15-16H,12,14H2,(H,30,32). The number of benzene rings is 4. The monoisotopic (exact) mass is 1070 g/mol. The highest BCUT2D eigenvalue weighted by Crippen LogP contribution is 2.36. The number of anilines is 2. The molecule has 14 nitrogen and oxygen atoms in total. The van der Waals surface area contributed by atoms with Gasteiger partial charge in [-0.3, -0.25) is 9.59 Å². The Labute approximate surface area is 438 Å². The van der Waals surface area contributed by atoms with Crippen LogP contribution in [-0.4, -0.2) is 99.0 Å². The number of methoxy groups -OCH3 is 1. The highest BCUT2D eigenvalue weighted by molar-refractivity contribution is 9.09. The van der Waals surface area contributed by atoms with E-state index in [1.807, 2.05) is 153 Å². The molecule has 0 unspecified atom stereocenters. The number of halogens is 1. The van der Waals surface area contributed by atoms with Crippen LogP contribution in [0.4, 0.5) is 11.4 Å². The first kappa shape index (κ1) is 50.2. The van der Waals surface area contributed by atoms with Crippen molar-refractivity contribution in [2.24, 2.45) is 0 Å². The lowest BCUT2D eigenvalue weighted by molar-refractivity contribution is 0.101. The first-order chi connectivity index (χ1) is 35.8. The van der Waals surface area contributed by atoms with Crippen LogP contribution in [0.25, 0.3) is 64.4 Å². The summed E-state index contributed by atoms with van der Waals surface area (Å²) in [5, 5.41) is 8.31. The molecule has 4 aromatic carbocycles. The van der Waals surface area contributed by atoms with Crippen LogP contribution in [0.2, 0.25) is 0 Å². The maximum Gasteiger partial charge on any atom is 0.274 e. The van der Waals surface area contributed by atoms with Gasteiger partial charge in [-0.15, -0.1) is 0 Å². The van der Waals surface area contributed by atoms with E-state index in [-0.39, 0.29) is 23.2 Å². The molecule has 0 aliphatic rings. The van der Waals surface area contributed by atoms with Crippen LogP contribution < -0.4 is 20.1 Å². The van der Waals surface area contributed by atoms with E-state index >= 15 is 0 Å². The molecule has 0 bridgehead atoms. The molecule has 10 rings (SSSR count). The summed E-state index contributed by atoms with van der Waals surface area (Å²) < 4.78 is 17.0. The average Bonchev–Trinajstić information content (AvgIpc) is 4.08. The molecule has 0 aliphatic carbocycles. The quantitative estimate of drug-likeness (QED) is 0.0782. The summed E-state index contributed by atoms with van der Waals surface area (Å²) in [6.07, 6.45) is 3.50. The van der Waals surface area contributed by atoms with Gasteiger partial charge in [-0.2, -0.15) is 0 Å². The van der Waals surface area contributed by atoms with Gasteiger partial charge in [-0.25, -0.2) is 29.9 Å². The molecular formula is C56H48BrN9O5S2. The minimum Gasteiger partial charge on any atom is -0.493 e. The van der Waals surface area contributed by atoms with Crippen molar-refractivity contribution in [1.29, 1.82) is 0 Å². The summed E-state index contributed by atoms with van der Waals surface area (Å²) in [5.74, 6) is 0.512. The molecule has 0 spiro atoms. The fourth-order valence-electron chi connectivity index (χ4n) is 7.46. The zero-order valence-electron chi connectivity index (χ0n) is 39.8. The molecule has 0 saturated carbocycles. The maximum atomic E-state index is 13.5. The molecule has 73 heavy (non-hydrogen) atoms. The number of aromatic nitrogens is 6. The van der Waals surface area contributed by atoms with Crippen molar-refractivity contribution in [2.75, 3.05) is 63.0 Å². The SMILES string of the molecule is COCCN(C)CCOc1cc(C(=O)Nc2ccccc2-c2nc3cccnc3s2)nc(-c2ccccc2)c1.O=C(Nc1ccccc1-c1nc2cccnc2s1)c1cc(OCCBr)cc(-c2ccccc2)n1. The van der Waals surface area contributed by atoms with E-state index in [4.69, 9.17) is 19.2 Å². The first-order valence-corrected chi connectivity index (χ1v) is 26.0. The summed E-state index contributed by atoms with van der Waals surface area (Å²) in [5.41, 5.74) is 8.28. The molecule has 6 heterocycles. The lowest BCUT2D eigenvalue weighted by Crippen LogP contribution is -2.27. The second kappa shape index (κ2) is 24.6. The second-order valence-electron chi connectivity index (χ2n) is 16.3. The smallest absolute Gasteiger partial charge is 0.274 e. The molecule has 6 aromatic heterocycles. The molecule has 17 heteroatoms. The summed E-state index contributed by atoms with van der Waals surface area (Å²) in [4.78, 5) is 58.1. The predicted octanol–water partition coefficient (Wildman–Crippen LogP) is 12.1. The number of likely N-dealkylation sites (N-methyl/N-ethyl adjacent to an activating group) is 1. The normalized spacial score (nSPS) is 11.0. The number of nitrogens with zero attached hydrogens (tertiary/aromatic N) is 7. The minimum absolute atomic E-state index is 0.264. The van der Waals surface area contributed by atoms with Gasteiger partial charge in [0, 0.05) is 84.4 Å². The Bertz CT molecular complexity index is 3410. The second-order valence-corrected chi connectivity index (χ2v) is 19.0. The molecule has 0 fully saturated rings. The van der Waals surface area contributed by atoms with Gasteiger partial charge in [-0.05, 0) is 55.6 Å². The molecule has 2 N–H and O–H groups in total. The zero-order valence-corrected chi connectivity index (χ0v) is 43.0. The molecule has 0 aliphatic heterocycles. The predicted molar refractivity (Wildman–Crippen MR) is 295 cm³/mol. The molecule has 0 atom stereocenters. The van der Waals surface area contributed by atoms with Crippen LogP contribution >= 0.6 is 38.6 Å². The largest absolute Gasteiger partial charge is 0.493 e. The topological polar surface area (TPSA) is 166 Å². The third kappa shape index (κ3) is 13.0. The number of para-hydroxylation sites is 2. The molecular weight excluding hydrogens is 1020 g/mol. The molecule has 10 aromatic rings. The van der Waals surface area contributed by atoms with Gasteiger partial charge >= 0.3 is 0 Å². The lowest BCUT2D eigenvalue weighted by Gasteiger charge is -2.17. The Hall–Kier alpha value is -7.80. The van der Waals surface area contributed by atoms with Crippen molar-refractivity contribution >= 4 is 82.5 Å². The minimum atomic E-state index is -0.332. The first-order valence-electron chi connectivity index (χ1n) is 23.2. The van der Waals surface area contributed by atoms with Gasteiger partial charge < -0.3 is 29.7 Å². The molecule has 0 radical (unpaired) electrons. The Kier molecular flexibility index (Phi) is 16.9. The number of nitrogens with one attached hydrogen (secondary N) is 2. The van der Waals surface area contributed by atoms with Crippen molar-refractivity contribution in [3.63, 3.8) is 0 Å². The third-order valence-electron chi connectivity index (χ3n) is 11.1. The number of hydrogen-bond donors (Lipinski definition) is 2. The number of thiazole rings is 2. The van der Waals surface area contributed by atoms with Gasteiger partial charge in [0.15, 0.2) is 0 Å². The van der Waals surface area contributed by atoms with Crippen molar-refractivity contribution < 1.29 is 23.8 Å². The van der Waals surface area contributed by atoms with E-state index < -0.39 is 0 Å². The number of hydrogen-bond acceptors (Lipinski definition) is 14. The van der Waals surface area contributed by atoms with Crippen molar-refractivity contribution in [3.8, 4) is 55.2 Å². The van der Waals surface area contributed by atoms with Crippen molar-refractivity contribution in [2.45, 2.75) is 0 Å². The van der Waals surface area contributed by atoms with E-state index in [1.54, 1.807) is 31.6 Å². The number of alkyl halides is 1. The number of fused-ring (bicyclic) bond motifs is 2. The van der Waals surface area contributed by atoms with E-state index in [9.17, 15) is 9.59 Å². The van der Waals surface area contributed by atoms with Gasteiger partial charge in [-0.1, -0.05) is 124 Å². The van der Waals surface area contributed by atoms with Crippen molar-refractivity contribution in [3.05, 3.63) is 182 Å². The number of amides is 2. The zero-order chi connectivity index (χ0) is 50.4. The number of rotatable bonds is 18. The highest BCUT2D eigenvalue weighted by atomic mass is 79.9. The van der Waals surface area contributed by atoms with Gasteiger partial charge in [0.1, 0.15) is 60.2 Å². The van der Waals surface area contributed by atoms with Crippen LogP contribution in [0, 0.1) is 0 Å². The van der Waals surface area contributed by atoms with E-state index in [0.717, 1.165) is 66.1 Å². The summed E-state index contributed by atoms with van der Waals surface area (Å²) in [7, 11) is 3.70. The van der Waals surface area contributed by atoms with Gasteiger partial charge in [0.2, 0.25) is 0 Å². The van der Waals surface area contributed by atoms with Gasteiger partial charge in [0.25, 0.3) is 11.8 Å². The Morgan fingerprint density at radius 1 is 0.548 bits per heavy atom. The average molecular weight is 1070 g/mol. The summed E-state index contributed by atoms with van der Waals surface area (Å²) in [6, 6.07) is 49.3. The summed E-state index contributed by atoms with van der Waals surface area (Å²) >= 11 is 6.35. The van der Waals surface area contributed by atoms with Crippen LogP contribution in [0.5, 0.6) is 11.5 Å². The van der Waals surface area contributed by atoms with Crippen LogP contribution in [0.1, 0.15) is 21.0 Å². The maximum absolute atomic E-state index is 13.5. The van der Waals surface area contributed by atoms with Crippen molar-refractivity contribution in [1.82, 2.24) is 34.8 Å². The highest BCUT2D eigenvalue weighted by Gasteiger charge is 2.19. The van der Waals surface area contributed by atoms with E-state index in [2.05, 4.69) is 56.4 Å². The van der Waals surface area contributed by atoms with Crippen LogP contribution in [0.15, 0.2) is 170 Å². The number of carbonyl (C=O) groups is 2. The molecule has 366 valence electrons. The Morgan fingerprint density at radius 2 is 1.00 bits per heavy atom. The van der Waals surface area contributed by atoms with Gasteiger partial charge in [0.05, 0.1) is 36.0 Å². The fourth-order valence-corrected chi connectivity index (χ4v) is 9.51.